The highest BCUT2D eigenvalue weighted by atomic mass is 35.5. The van der Waals surface area contributed by atoms with Gasteiger partial charge in [-0.05, 0) is 38.0 Å². The van der Waals surface area contributed by atoms with E-state index in [-0.39, 0.29) is 24.2 Å². The molecule has 0 aliphatic carbocycles. The number of amides is 2. The van der Waals surface area contributed by atoms with Gasteiger partial charge in [-0.1, -0.05) is 30.3 Å². The normalized spacial score (nSPS) is 10.7. The van der Waals surface area contributed by atoms with E-state index in [1.54, 1.807) is 16.2 Å². The first-order valence-electron chi connectivity index (χ1n) is 9.82. The summed E-state index contributed by atoms with van der Waals surface area (Å²) in [7, 11) is 0. The minimum Gasteiger partial charge on any atom is -0.382 e. The Labute approximate surface area is 182 Å². The van der Waals surface area contributed by atoms with Gasteiger partial charge < -0.3 is 14.5 Å². The highest BCUT2D eigenvalue weighted by molar-refractivity contribution is 7.11. The first kappa shape index (κ1) is 23.4. The van der Waals surface area contributed by atoms with Crippen molar-refractivity contribution in [1.82, 2.24) is 9.80 Å². The number of halogens is 1. The highest BCUT2D eigenvalue weighted by Crippen LogP contribution is 2.19. The fourth-order valence-corrected chi connectivity index (χ4v) is 4.01. The summed E-state index contributed by atoms with van der Waals surface area (Å²) in [4.78, 5) is 31.0. The molecule has 7 heteroatoms. The second kappa shape index (κ2) is 12.6. The topological polar surface area (TPSA) is 49.9 Å². The van der Waals surface area contributed by atoms with Crippen LogP contribution in [0.4, 0.5) is 0 Å². The molecule has 0 fully saturated rings. The van der Waals surface area contributed by atoms with Crippen LogP contribution >= 0.6 is 22.9 Å². The van der Waals surface area contributed by atoms with Crippen molar-refractivity contribution in [2.75, 3.05) is 32.2 Å². The van der Waals surface area contributed by atoms with Gasteiger partial charge in [0.15, 0.2) is 0 Å². The molecule has 0 saturated carbocycles. The van der Waals surface area contributed by atoms with Crippen LogP contribution in [0.1, 0.15) is 28.7 Å². The Bertz CT molecular complexity index is 766. The molecule has 5 nitrogen and oxygen atoms in total. The predicted octanol–water partition coefficient (Wildman–Crippen LogP) is 4.08. The van der Waals surface area contributed by atoms with Crippen LogP contribution in [0, 0.1) is 6.92 Å². The molecule has 0 N–H and O–H groups in total. The molecule has 2 aromatic rings. The van der Waals surface area contributed by atoms with Crippen molar-refractivity contribution in [2.45, 2.75) is 33.4 Å². The van der Waals surface area contributed by atoms with E-state index in [1.807, 2.05) is 37.3 Å². The van der Waals surface area contributed by atoms with E-state index >= 15 is 0 Å². The number of carbonyl (C=O) groups excluding carboxylic acids is 2. The molecule has 0 unspecified atom stereocenters. The van der Waals surface area contributed by atoms with Gasteiger partial charge in [0, 0.05) is 36.1 Å². The summed E-state index contributed by atoms with van der Waals surface area (Å²) in [5.74, 6) is -0.456. The molecule has 158 valence electrons. The maximum Gasteiger partial charge on any atom is 0.242 e. The Morgan fingerprint density at radius 2 is 1.79 bits per heavy atom. The summed E-state index contributed by atoms with van der Waals surface area (Å²) in [6.07, 6.45) is 0.673. The Kier molecular flexibility index (Phi) is 10.2. The number of benzene rings is 1. The van der Waals surface area contributed by atoms with Gasteiger partial charge in [-0.2, -0.15) is 0 Å². The summed E-state index contributed by atoms with van der Waals surface area (Å²) in [6, 6.07) is 14.0. The molecule has 29 heavy (non-hydrogen) atoms. The SMILES string of the molecule is CCOCCCN(CC(=O)N(Cc1ccccc1)Cc1ccc(C)s1)C(=O)CCl. The lowest BCUT2D eigenvalue weighted by atomic mass is 10.2. The Morgan fingerprint density at radius 1 is 1.03 bits per heavy atom. The molecular formula is C22H29ClN2O3S. The number of hydrogen-bond donors (Lipinski definition) is 0. The van der Waals surface area contributed by atoms with Gasteiger partial charge in [-0.3, -0.25) is 9.59 Å². The zero-order chi connectivity index (χ0) is 21.1. The van der Waals surface area contributed by atoms with Crippen molar-refractivity contribution >= 4 is 34.8 Å². The number of nitrogens with zero attached hydrogens (tertiary/aromatic N) is 2. The number of aryl methyl sites for hydroxylation is 1. The molecule has 0 aliphatic heterocycles. The summed E-state index contributed by atoms with van der Waals surface area (Å²) in [5.41, 5.74) is 1.06. The molecule has 1 aromatic heterocycles. The first-order chi connectivity index (χ1) is 14.0. The Hall–Kier alpha value is -1.89. The monoisotopic (exact) mass is 436 g/mol. The first-order valence-corrected chi connectivity index (χ1v) is 11.2. The predicted molar refractivity (Wildman–Crippen MR) is 118 cm³/mol. The van der Waals surface area contributed by atoms with E-state index in [9.17, 15) is 9.59 Å². The lowest BCUT2D eigenvalue weighted by Crippen LogP contribution is -2.43. The third kappa shape index (κ3) is 8.17. The van der Waals surface area contributed by atoms with Crippen LogP contribution in [0.5, 0.6) is 0 Å². The number of hydrogen-bond acceptors (Lipinski definition) is 4. The van der Waals surface area contributed by atoms with E-state index in [0.29, 0.717) is 39.3 Å². The Balaban J connectivity index is 2.09. The van der Waals surface area contributed by atoms with Crippen LogP contribution in [0.15, 0.2) is 42.5 Å². The molecule has 0 spiro atoms. The number of rotatable bonds is 12. The molecule has 1 aromatic carbocycles. The fraction of sp³-hybridized carbons (Fsp3) is 0.455. The molecule has 0 aliphatic rings. The smallest absolute Gasteiger partial charge is 0.242 e. The third-order valence-electron chi connectivity index (χ3n) is 4.43. The van der Waals surface area contributed by atoms with Crippen LogP contribution in [-0.4, -0.2) is 53.8 Å². The third-order valence-corrected chi connectivity index (χ3v) is 5.64. The average Bonchev–Trinajstić information content (AvgIpc) is 3.14. The van der Waals surface area contributed by atoms with Gasteiger partial charge >= 0.3 is 0 Å². The molecule has 2 amide bonds. The minimum absolute atomic E-state index is 0.0227. The van der Waals surface area contributed by atoms with Gasteiger partial charge in [0.2, 0.25) is 11.8 Å². The van der Waals surface area contributed by atoms with Crippen LogP contribution in [0.25, 0.3) is 0 Å². The van der Waals surface area contributed by atoms with Gasteiger partial charge in [0.05, 0.1) is 13.1 Å². The van der Waals surface area contributed by atoms with E-state index in [4.69, 9.17) is 16.3 Å². The number of thiophene rings is 1. The quantitative estimate of drug-likeness (QED) is 0.372. The Morgan fingerprint density at radius 3 is 2.41 bits per heavy atom. The van der Waals surface area contributed by atoms with Crippen LogP contribution in [0.2, 0.25) is 0 Å². The van der Waals surface area contributed by atoms with Crippen LogP contribution < -0.4 is 0 Å². The molecule has 0 radical (unpaired) electrons. The maximum absolute atomic E-state index is 13.1. The fourth-order valence-electron chi connectivity index (χ4n) is 2.94. The molecule has 0 saturated heterocycles. The molecule has 0 bridgehead atoms. The largest absolute Gasteiger partial charge is 0.382 e. The number of alkyl halides is 1. The van der Waals surface area contributed by atoms with Crippen molar-refractivity contribution in [3.05, 3.63) is 57.8 Å². The van der Waals surface area contributed by atoms with Crippen molar-refractivity contribution in [3.63, 3.8) is 0 Å². The van der Waals surface area contributed by atoms with Crippen molar-refractivity contribution in [2.24, 2.45) is 0 Å². The van der Waals surface area contributed by atoms with Crippen LogP contribution in [0.3, 0.4) is 0 Å². The number of carbonyl (C=O) groups is 2. The maximum atomic E-state index is 13.1. The van der Waals surface area contributed by atoms with Crippen molar-refractivity contribution in [3.8, 4) is 0 Å². The zero-order valence-electron chi connectivity index (χ0n) is 17.1. The molecule has 1 heterocycles. The summed E-state index contributed by atoms with van der Waals surface area (Å²) in [5, 5.41) is 0. The summed E-state index contributed by atoms with van der Waals surface area (Å²) >= 11 is 7.45. The molecule has 0 atom stereocenters. The summed E-state index contributed by atoms with van der Waals surface area (Å²) in [6.45, 7) is 6.66. The second-order valence-corrected chi connectivity index (χ2v) is 8.39. The summed E-state index contributed by atoms with van der Waals surface area (Å²) < 4.78 is 5.35. The second-order valence-electron chi connectivity index (χ2n) is 6.75. The zero-order valence-corrected chi connectivity index (χ0v) is 18.7. The van der Waals surface area contributed by atoms with Gasteiger partial charge in [-0.15, -0.1) is 22.9 Å². The molecular weight excluding hydrogens is 408 g/mol. The average molecular weight is 437 g/mol. The van der Waals surface area contributed by atoms with E-state index < -0.39 is 0 Å². The lowest BCUT2D eigenvalue weighted by Gasteiger charge is -2.27. The van der Waals surface area contributed by atoms with Crippen LogP contribution in [-0.2, 0) is 27.4 Å². The van der Waals surface area contributed by atoms with Crippen molar-refractivity contribution < 1.29 is 14.3 Å². The number of ether oxygens (including phenoxy) is 1. The lowest BCUT2D eigenvalue weighted by molar-refractivity contribution is -0.140. The van der Waals surface area contributed by atoms with Gasteiger partial charge in [-0.25, -0.2) is 0 Å². The minimum atomic E-state index is -0.233. The van der Waals surface area contributed by atoms with E-state index in [2.05, 4.69) is 19.1 Å². The standard InChI is InChI=1S/C22H29ClN2O3S/c1-3-28-13-7-12-24(21(26)14-23)17-22(27)25(15-19-8-5-4-6-9-19)16-20-11-10-18(2)29-20/h4-6,8-11H,3,7,12-17H2,1-2H3. The van der Waals surface area contributed by atoms with Gasteiger partial charge in [0.1, 0.15) is 5.88 Å². The van der Waals surface area contributed by atoms with Crippen molar-refractivity contribution in [1.29, 1.82) is 0 Å². The highest BCUT2D eigenvalue weighted by Gasteiger charge is 2.21. The molecule has 2 rings (SSSR count). The van der Waals surface area contributed by atoms with E-state index in [0.717, 1.165) is 10.4 Å². The van der Waals surface area contributed by atoms with Gasteiger partial charge in [0.25, 0.3) is 0 Å². The van der Waals surface area contributed by atoms with E-state index in [1.165, 1.54) is 9.78 Å².